The van der Waals surface area contributed by atoms with Gasteiger partial charge in [0, 0.05) is 7.05 Å². The molecular weight excluding hydrogens is 358 g/mol. The lowest BCUT2D eigenvalue weighted by Gasteiger charge is -2.02. The first-order valence-electron chi connectivity index (χ1n) is 7.87. The Morgan fingerprint density at radius 1 is 1.38 bits per heavy atom. The Morgan fingerprint density at radius 3 is 2.81 bits per heavy atom. The van der Waals surface area contributed by atoms with Crippen LogP contribution in [0.4, 0.5) is 5.00 Å². The molecule has 0 saturated heterocycles. The van der Waals surface area contributed by atoms with E-state index in [9.17, 15) is 14.4 Å². The van der Waals surface area contributed by atoms with Gasteiger partial charge in [-0.1, -0.05) is 0 Å². The van der Waals surface area contributed by atoms with Crippen LogP contribution in [0.1, 0.15) is 38.3 Å². The summed E-state index contributed by atoms with van der Waals surface area (Å²) in [5.74, 6) is -0.631. The fraction of sp³-hybridized carbons (Fsp3) is 0.294. The van der Waals surface area contributed by atoms with Gasteiger partial charge in [0.2, 0.25) is 5.71 Å². The molecule has 0 saturated carbocycles. The van der Waals surface area contributed by atoms with Crippen LogP contribution < -0.4 is 10.9 Å². The fourth-order valence-electron chi connectivity index (χ4n) is 2.58. The molecule has 9 heteroatoms. The van der Waals surface area contributed by atoms with E-state index in [-0.39, 0.29) is 28.8 Å². The van der Waals surface area contributed by atoms with Crippen molar-refractivity contribution < 1.29 is 18.7 Å². The molecule has 0 aliphatic heterocycles. The van der Waals surface area contributed by atoms with Crippen LogP contribution in [0.2, 0.25) is 0 Å². The molecular formula is C17H17N3O5S. The zero-order valence-electron chi connectivity index (χ0n) is 14.7. The van der Waals surface area contributed by atoms with Crippen molar-refractivity contribution in [2.45, 2.75) is 20.8 Å². The molecule has 0 fully saturated rings. The van der Waals surface area contributed by atoms with E-state index >= 15 is 0 Å². The number of nitrogens with zero attached hydrogens (tertiary/aromatic N) is 2. The lowest BCUT2D eigenvalue weighted by atomic mass is 10.2. The molecule has 0 aliphatic rings. The van der Waals surface area contributed by atoms with Crippen LogP contribution in [0.5, 0.6) is 0 Å². The quantitative estimate of drug-likeness (QED) is 0.703. The molecule has 3 rings (SSSR count). The van der Waals surface area contributed by atoms with Gasteiger partial charge in [0.1, 0.15) is 22.4 Å². The Labute approximate surface area is 152 Å². The van der Waals surface area contributed by atoms with Gasteiger partial charge in [0.25, 0.3) is 11.5 Å². The van der Waals surface area contributed by atoms with Gasteiger partial charge in [-0.2, -0.15) is 0 Å². The van der Waals surface area contributed by atoms with Gasteiger partial charge < -0.3 is 19.0 Å². The maximum Gasteiger partial charge on any atom is 0.348 e. The summed E-state index contributed by atoms with van der Waals surface area (Å²) in [6.45, 7) is 5.36. The highest BCUT2D eigenvalue weighted by Gasteiger charge is 2.24. The van der Waals surface area contributed by atoms with Crippen molar-refractivity contribution in [2.24, 2.45) is 7.05 Å². The molecule has 3 heterocycles. The lowest BCUT2D eigenvalue weighted by molar-refractivity contribution is 0.0531. The number of furan rings is 1. The summed E-state index contributed by atoms with van der Waals surface area (Å²) in [6, 6.07) is 1.68. The lowest BCUT2D eigenvalue weighted by Crippen LogP contribution is -2.20. The average molecular weight is 375 g/mol. The third-order valence-corrected chi connectivity index (χ3v) is 4.92. The molecule has 0 aliphatic carbocycles. The Kier molecular flexibility index (Phi) is 4.64. The average Bonchev–Trinajstić information content (AvgIpc) is 3.11. The van der Waals surface area contributed by atoms with Gasteiger partial charge >= 0.3 is 5.97 Å². The third kappa shape index (κ3) is 3.01. The molecule has 136 valence electrons. The maximum absolute atomic E-state index is 12.7. The van der Waals surface area contributed by atoms with E-state index in [4.69, 9.17) is 9.15 Å². The van der Waals surface area contributed by atoms with Crippen LogP contribution in [0, 0.1) is 13.8 Å². The second-order valence-electron chi connectivity index (χ2n) is 5.67. The van der Waals surface area contributed by atoms with E-state index in [0.717, 1.165) is 11.3 Å². The number of nitrogens with one attached hydrogen (secondary N) is 1. The summed E-state index contributed by atoms with van der Waals surface area (Å²) in [4.78, 5) is 41.5. The number of amides is 1. The number of hydrogen-bond donors (Lipinski definition) is 1. The topological polar surface area (TPSA) is 103 Å². The number of fused-ring (bicyclic) bond motifs is 1. The van der Waals surface area contributed by atoms with Crippen molar-refractivity contribution in [1.82, 2.24) is 9.55 Å². The van der Waals surface area contributed by atoms with Gasteiger partial charge in [-0.3, -0.25) is 9.59 Å². The number of rotatable bonds is 4. The Morgan fingerprint density at radius 2 is 2.12 bits per heavy atom. The summed E-state index contributed by atoms with van der Waals surface area (Å²) in [5, 5.41) is 3.32. The van der Waals surface area contributed by atoms with Crippen LogP contribution in [-0.4, -0.2) is 28.0 Å². The normalized spacial score (nSPS) is 10.9. The highest BCUT2D eigenvalue weighted by molar-refractivity contribution is 7.18. The summed E-state index contributed by atoms with van der Waals surface area (Å²) in [6.07, 6.45) is 1.34. The van der Waals surface area contributed by atoms with Crippen LogP contribution in [0.3, 0.4) is 0 Å². The fourth-order valence-corrected chi connectivity index (χ4v) is 3.54. The van der Waals surface area contributed by atoms with Gasteiger partial charge in [-0.05, 0) is 32.4 Å². The molecule has 0 aromatic carbocycles. The second kappa shape index (κ2) is 6.75. The maximum atomic E-state index is 12.7. The SMILES string of the molecule is CCOC(=O)c1sc(NC(=O)c2c(C)oc3ncn(C)c(=O)c23)cc1C. The number of aromatic nitrogens is 2. The van der Waals surface area contributed by atoms with E-state index < -0.39 is 11.9 Å². The number of carbonyl (C=O) groups excluding carboxylic acids is 2. The van der Waals surface area contributed by atoms with Crippen LogP contribution in [-0.2, 0) is 11.8 Å². The minimum atomic E-state index is -0.497. The van der Waals surface area contributed by atoms with Crippen molar-refractivity contribution in [3.05, 3.63) is 44.5 Å². The van der Waals surface area contributed by atoms with Gasteiger partial charge in [0.05, 0.1) is 17.2 Å². The first kappa shape index (κ1) is 17.9. The number of thiophene rings is 1. The molecule has 0 unspecified atom stereocenters. The summed E-state index contributed by atoms with van der Waals surface area (Å²) >= 11 is 1.12. The van der Waals surface area contributed by atoms with Gasteiger partial charge in [-0.25, -0.2) is 9.78 Å². The Balaban J connectivity index is 1.97. The van der Waals surface area contributed by atoms with Gasteiger partial charge in [-0.15, -0.1) is 11.3 Å². The number of hydrogen-bond acceptors (Lipinski definition) is 7. The van der Waals surface area contributed by atoms with Crippen LogP contribution in [0.15, 0.2) is 21.6 Å². The van der Waals surface area contributed by atoms with Crippen LogP contribution >= 0.6 is 11.3 Å². The highest BCUT2D eigenvalue weighted by Crippen LogP contribution is 2.29. The highest BCUT2D eigenvalue weighted by atomic mass is 32.1. The van der Waals surface area contributed by atoms with E-state index in [0.29, 0.717) is 21.2 Å². The second-order valence-corrected chi connectivity index (χ2v) is 6.72. The minimum absolute atomic E-state index is 0.116. The molecule has 1 amide bonds. The minimum Gasteiger partial charge on any atom is -0.462 e. The molecule has 1 N–H and O–H groups in total. The number of anilines is 1. The van der Waals surface area contributed by atoms with E-state index in [1.165, 1.54) is 10.9 Å². The molecule has 26 heavy (non-hydrogen) atoms. The zero-order chi connectivity index (χ0) is 19.0. The van der Waals surface area contributed by atoms with E-state index in [1.54, 1.807) is 33.9 Å². The predicted molar refractivity (Wildman–Crippen MR) is 97.0 cm³/mol. The van der Waals surface area contributed by atoms with Crippen molar-refractivity contribution in [1.29, 1.82) is 0 Å². The number of aryl methyl sites for hydroxylation is 3. The van der Waals surface area contributed by atoms with Crippen molar-refractivity contribution >= 4 is 39.3 Å². The molecule has 8 nitrogen and oxygen atoms in total. The van der Waals surface area contributed by atoms with Crippen LogP contribution in [0.25, 0.3) is 11.1 Å². The van der Waals surface area contributed by atoms with E-state index in [2.05, 4.69) is 10.3 Å². The summed E-state index contributed by atoms with van der Waals surface area (Å²) in [5.41, 5.74) is 0.587. The standard InChI is InChI=1S/C17H17N3O5S/c1-5-24-17(23)13-8(2)6-10(26-13)19-14(21)11-9(3)25-15-12(11)16(22)20(4)7-18-15/h6-7H,5H2,1-4H3,(H,19,21). The van der Waals surface area contributed by atoms with Crippen molar-refractivity contribution in [2.75, 3.05) is 11.9 Å². The summed E-state index contributed by atoms with van der Waals surface area (Å²) in [7, 11) is 1.55. The largest absolute Gasteiger partial charge is 0.462 e. The molecule has 3 aromatic rings. The van der Waals surface area contributed by atoms with Gasteiger partial charge in [0.15, 0.2) is 0 Å². The first-order chi connectivity index (χ1) is 12.3. The predicted octanol–water partition coefficient (Wildman–Crippen LogP) is 2.63. The molecule has 0 atom stereocenters. The summed E-state index contributed by atoms with van der Waals surface area (Å²) < 4.78 is 11.7. The Hall–Kier alpha value is -2.94. The van der Waals surface area contributed by atoms with E-state index in [1.807, 2.05) is 0 Å². The van der Waals surface area contributed by atoms with Crippen molar-refractivity contribution in [3.63, 3.8) is 0 Å². The molecule has 0 radical (unpaired) electrons. The molecule has 3 aromatic heterocycles. The molecule has 0 bridgehead atoms. The Bertz CT molecular complexity index is 1080. The number of ether oxygens (including phenoxy) is 1. The van der Waals surface area contributed by atoms with Crippen molar-refractivity contribution in [3.8, 4) is 0 Å². The number of esters is 1. The first-order valence-corrected chi connectivity index (χ1v) is 8.68. The smallest absolute Gasteiger partial charge is 0.348 e. The monoisotopic (exact) mass is 375 g/mol. The molecule has 0 spiro atoms. The zero-order valence-corrected chi connectivity index (χ0v) is 15.5. The number of carbonyl (C=O) groups is 2. The third-order valence-electron chi connectivity index (χ3n) is 3.79.